The monoisotopic (exact) mass is 430 g/mol. The molecule has 0 aromatic carbocycles. The molecule has 0 aromatic rings. The Kier molecular flexibility index (Phi) is 5.24. The first kappa shape index (κ1) is 22.6. The van der Waals surface area contributed by atoms with Crippen LogP contribution in [0.25, 0.3) is 0 Å². The Bertz CT molecular complexity index is 841. The van der Waals surface area contributed by atoms with Gasteiger partial charge in [0.05, 0.1) is 18.1 Å². The first-order valence-corrected chi connectivity index (χ1v) is 11.8. The Hall–Kier alpha value is -1.62. The second kappa shape index (κ2) is 7.19. The summed E-state index contributed by atoms with van der Waals surface area (Å²) in [6.45, 7) is 12.3. The number of aliphatic hydroxyl groups is 1. The van der Waals surface area contributed by atoms with Gasteiger partial charge in [0.2, 0.25) is 0 Å². The molecule has 5 nitrogen and oxygen atoms in total. The smallest absolute Gasteiger partial charge is 0.331 e. The number of rotatable bonds is 3. The van der Waals surface area contributed by atoms with Gasteiger partial charge >= 0.3 is 11.9 Å². The summed E-state index contributed by atoms with van der Waals surface area (Å²) in [6.07, 6.45) is 7.47. The minimum Gasteiger partial charge on any atom is -0.469 e. The van der Waals surface area contributed by atoms with Gasteiger partial charge in [-0.1, -0.05) is 25.5 Å². The zero-order chi connectivity index (χ0) is 22.8. The predicted molar refractivity (Wildman–Crippen MR) is 118 cm³/mol. The molecule has 1 N–H and O–H groups in total. The molecule has 1 spiro atoms. The average molecular weight is 431 g/mol. The van der Waals surface area contributed by atoms with Gasteiger partial charge in [-0.2, -0.15) is 0 Å². The maximum absolute atomic E-state index is 12.9. The van der Waals surface area contributed by atoms with Gasteiger partial charge in [0.25, 0.3) is 0 Å². The SMILES string of the molecule is C=C1[C@@H]2CC[C@]3(O)[C@@](CC[C@@H]4[C@](C)(C(=O)OC)CCC[C@]43C)(C2)[C@H]1OC(=O)C=C(C)C. The fraction of sp³-hybridized carbons (Fsp3) is 0.769. The molecule has 0 saturated heterocycles. The van der Waals surface area contributed by atoms with E-state index in [0.717, 1.165) is 56.1 Å². The van der Waals surface area contributed by atoms with E-state index in [1.54, 1.807) is 0 Å². The molecule has 4 aliphatic carbocycles. The van der Waals surface area contributed by atoms with E-state index in [1.165, 1.54) is 13.2 Å². The van der Waals surface area contributed by atoms with Gasteiger partial charge in [-0.3, -0.25) is 4.79 Å². The zero-order valence-corrected chi connectivity index (χ0v) is 19.8. The van der Waals surface area contributed by atoms with Gasteiger partial charge in [-0.15, -0.1) is 0 Å². The molecule has 4 rings (SSSR count). The van der Waals surface area contributed by atoms with Crippen molar-refractivity contribution in [1.82, 2.24) is 0 Å². The molecule has 4 fully saturated rings. The third-order valence-electron chi connectivity index (χ3n) is 9.70. The standard InChI is InChI=1S/C26H38O5/c1-16(2)14-20(27)31-21-17(3)18-8-13-26(29)24(5)11-7-10-23(4,22(28)30-6)19(24)9-12-25(21,26)15-18/h14,18-19,21,29H,3,7-13,15H2,1-2,4-6H3/t18-,19-,21+,23-,24-,25+,26-/m1/s1. The summed E-state index contributed by atoms with van der Waals surface area (Å²) in [5.41, 5.74) is -0.730. The van der Waals surface area contributed by atoms with Gasteiger partial charge in [0.1, 0.15) is 6.10 Å². The van der Waals surface area contributed by atoms with E-state index in [9.17, 15) is 14.7 Å². The van der Waals surface area contributed by atoms with Gasteiger partial charge in [-0.25, -0.2) is 4.79 Å². The minimum absolute atomic E-state index is 0.0383. The van der Waals surface area contributed by atoms with Crippen molar-refractivity contribution < 1.29 is 24.2 Å². The van der Waals surface area contributed by atoms with Crippen LogP contribution in [0.3, 0.4) is 0 Å². The van der Waals surface area contributed by atoms with Crippen molar-refractivity contribution in [1.29, 1.82) is 0 Å². The van der Waals surface area contributed by atoms with Crippen LogP contribution in [0.5, 0.6) is 0 Å². The highest BCUT2D eigenvalue weighted by Gasteiger charge is 2.75. The topological polar surface area (TPSA) is 72.8 Å². The van der Waals surface area contributed by atoms with Gasteiger partial charge in [-0.05, 0) is 83.1 Å². The number of allylic oxidation sites excluding steroid dienone is 1. The highest BCUT2D eigenvalue weighted by atomic mass is 16.5. The van der Waals surface area contributed by atoms with Crippen molar-refractivity contribution in [3.63, 3.8) is 0 Å². The molecule has 0 radical (unpaired) electrons. The second-order valence-corrected chi connectivity index (χ2v) is 11.3. The van der Waals surface area contributed by atoms with Crippen LogP contribution in [0.4, 0.5) is 0 Å². The molecule has 2 bridgehead atoms. The minimum atomic E-state index is -1.01. The lowest BCUT2D eigenvalue weighted by atomic mass is 9.38. The molecule has 0 aromatic heterocycles. The number of hydrogen-bond acceptors (Lipinski definition) is 5. The van der Waals surface area contributed by atoms with Gasteiger partial charge in [0.15, 0.2) is 0 Å². The van der Waals surface area contributed by atoms with Crippen molar-refractivity contribution in [3.05, 3.63) is 23.8 Å². The lowest BCUT2D eigenvalue weighted by Crippen LogP contribution is -2.71. The van der Waals surface area contributed by atoms with Gasteiger partial charge < -0.3 is 14.6 Å². The van der Waals surface area contributed by atoms with E-state index in [2.05, 4.69) is 13.5 Å². The van der Waals surface area contributed by atoms with Crippen LogP contribution >= 0.6 is 0 Å². The number of esters is 2. The fourth-order valence-corrected chi connectivity index (χ4v) is 8.31. The zero-order valence-electron chi connectivity index (χ0n) is 19.8. The molecule has 0 unspecified atom stereocenters. The maximum atomic E-state index is 12.9. The van der Waals surface area contributed by atoms with E-state index < -0.39 is 27.9 Å². The van der Waals surface area contributed by atoms with Gasteiger partial charge in [0, 0.05) is 16.9 Å². The van der Waals surface area contributed by atoms with Crippen LogP contribution < -0.4 is 0 Å². The summed E-state index contributed by atoms with van der Waals surface area (Å²) in [4.78, 5) is 25.5. The van der Waals surface area contributed by atoms with Crippen LogP contribution in [-0.2, 0) is 19.1 Å². The lowest BCUT2D eigenvalue weighted by molar-refractivity contribution is -0.278. The predicted octanol–water partition coefficient (Wildman–Crippen LogP) is 4.73. The molecule has 4 saturated carbocycles. The normalized spacial score (nSPS) is 45.9. The van der Waals surface area contributed by atoms with Crippen LogP contribution in [0.1, 0.15) is 79.1 Å². The fourth-order valence-electron chi connectivity index (χ4n) is 8.31. The Labute approximate surface area is 186 Å². The van der Waals surface area contributed by atoms with Crippen molar-refractivity contribution >= 4 is 11.9 Å². The van der Waals surface area contributed by atoms with Crippen LogP contribution in [-0.4, -0.2) is 35.9 Å². The van der Waals surface area contributed by atoms with E-state index in [-0.39, 0.29) is 23.8 Å². The molecule has 0 aliphatic heterocycles. The van der Waals surface area contributed by atoms with E-state index in [1.807, 2.05) is 20.8 Å². The lowest BCUT2D eigenvalue weighted by Gasteiger charge is -2.68. The molecule has 172 valence electrons. The van der Waals surface area contributed by atoms with Crippen molar-refractivity contribution in [2.24, 2.45) is 28.1 Å². The van der Waals surface area contributed by atoms with Crippen LogP contribution in [0.15, 0.2) is 23.8 Å². The first-order valence-electron chi connectivity index (χ1n) is 11.8. The molecular formula is C26H38O5. The summed E-state index contributed by atoms with van der Waals surface area (Å²) in [7, 11) is 1.46. The summed E-state index contributed by atoms with van der Waals surface area (Å²) in [5, 5.41) is 12.6. The average Bonchev–Trinajstić information content (AvgIpc) is 2.91. The largest absolute Gasteiger partial charge is 0.469 e. The molecule has 4 aliphatic rings. The number of carbonyl (C=O) groups excluding carboxylic acids is 2. The number of methoxy groups -OCH3 is 1. The molecule has 0 amide bonds. The quantitative estimate of drug-likeness (QED) is 0.398. The number of hydrogen-bond donors (Lipinski definition) is 1. The van der Waals surface area contributed by atoms with Crippen molar-refractivity contribution in [2.45, 2.75) is 90.8 Å². The van der Waals surface area contributed by atoms with Crippen molar-refractivity contribution in [2.75, 3.05) is 7.11 Å². The molecular weight excluding hydrogens is 392 g/mol. The van der Waals surface area contributed by atoms with E-state index >= 15 is 0 Å². The second-order valence-electron chi connectivity index (χ2n) is 11.3. The number of carbonyl (C=O) groups is 2. The Balaban J connectivity index is 1.78. The molecule has 5 heteroatoms. The Morgan fingerprint density at radius 2 is 1.84 bits per heavy atom. The Morgan fingerprint density at radius 3 is 2.48 bits per heavy atom. The number of ether oxygens (including phenoxy) is 2. The van der Waals surface area contributed by atoms with Crippen LogP contribution in [0.2, 0.25) is 0 Å². The van der Waals surface area contributed by atoms with Crippen molar-refractivity contribution in [3.8, 4) is 0 Å². The molecule has 31 heavy (non-hydrogen) atoms. The summed E-state index contributed by atoms with van der Waals surface area (Å²) < 4.78 is 11.3. The van der Waals surface area contributed by atoms with E-state index in [0.29, 0.717) is 6.42 Å². The highest BCUT2D eigenvalue weighted by molar-refractivity contribution is 5.83. The summed E-state index contributed by atoms with van der Waals surface area (Å²) in [5.74, 6) is -0.207. The molecule has 0 heterocycles. The highest BCUT2D eigenvalue weighted by Crippen LogP contribution is 2.74. The number of fused-ring (bicyclic) bond motifs is 3. The Morgan fingerprint density at radius 1 is 1.13 bits per heavy atom. The summed E-state index contributed by atoms with van der Waals surface area (Å²) in [6, 6.07) is 0. The third kappa shape index (κ3) is 2.84. The van der Waals surface area contributed by atoms with E-state index in [4.69, 9.17) is 9.47 Å². The molecule has 7 atom stereocenters. The maximum Gasteiger partial charge on any atom is 0.331 e. The third-order valence-corrected chi connectivity index (χ3v) is 9.70. The summed E-state index contributed by atoms with van der Waals surface area (Å²) >= 11 is 0. The first-order chi connectivity index (χ1) is 14.4. The van der Waals surface area contributed by atoms with Crippen LogP contribution in [0, 0.1) is 28.1 Å².